The van der Waals surface area contributed by atoms with Crippen molar-refractivity contribution in [3.8, 4) is 0 Å². The molecule has 26 nitrogen and oxygen atoms in total. The van der Waals surface area contributed by atoms with Crippen LogP contribution >= 0.6 is 0 Å². The van der Waals surface area contributed by atoms with E-state index in [1.54, 1.807) is 56.9 Å². The Labute approximate surface area is 681 Å². The largest absolute Gasteiger partial charge is 0.412 e. The van der Waals surface area contributed by atoms with Crippen molar-refractivity contribution in [1.29, 1.82) is 0 Å². The molecule has 0 bridgehead atoms. The lowest BCUT2D eigenvalue weighted by Crippen LogP contribution is -2.66. The van der Waals surface area contributed by atoms with E-state index >= 15 is 0 Å². The summed E-state index contributed by atoms with van der Waals surface area (Å²) in [6.07, 6.45) is 26.4. The van der Waals surface area contributed by atoms with Gasteiger partial charge in [0.1, 0.15) is 0 Å². The minimum Gasteiger partial charge on any atom is -0.412 e. The van der Waals surface area contributed by atoms with Gasteiger partial charge in [-0.15, -0.1) is 0 Å². The molecule has 664 valence electrons. The highest BCUT2D eigenvalue weighted by atomic mass is 16.8. The Morgan fingerprint density at radius 3 is 0.342 bits per heavy atom. The van der Waals surface area contributed by atoms with Gasteiger partial charge in [-0.2, -0.15) is 0 Å². The highest BCUT2D eigenvalue weighted by Crippen LogP contribution is 2.61. The zero-order valence-corrected chi connectivity index (χ0v) is 72.2. The number of aliphatic hydroxyl groups excluding tert-OH is 8. The van der Waals surface area contributed by atoms with Crippen molar-refractivity contribution in [1.82, 2.24) is 0 Å². The first kappa shape index (κ1) is 93.7. The molecular formula is C88H156O26. The van der Waals surface area contributed by atoms with Gasteiger partial charge in [0.25, 0.3) is 0 Å². The molecule has 26 heteroatoms. The molecule has 0 aromatic heterocycles. The van der Waals surface area contributed by atoms with Gasteiger partial charge in [0.2, 0.25) is 46.3 Å². The number of fused-ring (bicyclic) bond motifs is 12. The molecule has 0 radical (unpaired) electrons. The number of hydrogen-bond acceptors (Lipinski definition) is 24. The Morgan fingerprint density at radius 2 is 0.263 bits per heavy atom. The van der Waals surface area contributed by atoms with E-state index in [1.807, 2.05) is 55.4 Å². The molecule has 0 aromatic rings. The van der Waals surface area contributed by atoms with Gasteiger partial charge in [-0.3, -0.25) is 0 Å². The molecule has 12 N–H and O–H groups in total. The van der Waals surface area contributed by atoms with Gasteiger partial charge in [0.05, 0.1) is 48.8 Å². The molecule has 40 atom stereocenters. The molecule has 12 saturated carbocycles. The van der Waals surface area contributed by atoms with Gasteiger partial charge in [0, 0.05) is 110 Å². The predicted octanol–water partition coefficient (Wildman–Crippen LogP) is 8.59. The third-order valence-electron chi connectivity index (χ3n) is 34.9. The smallest absolute Gasteiger partial charge is 0.220 e. The van der Waals surface area contributed by atoms with Crippen LogP contribution in [0.15, 0.2) is 0 Å². The van der Waals surface area contributed by atoms with E-state index in [2.05, 4.69) is 0 Å². The Balaban J connectivity index is 0.000000149. The number of methoxy groups -OCH3 is 8. The van der Waals surface area contributed by atoms with Crippen LogP contribution in [0.3, 0.4) is 0 Å². The van der Waals surface area contributed by atoms with Crippen LogP contribution < -0.4 is 0 Å². The SMILES string of the molecule is CO[C@@]1(C)O[C@@H]2C[C@H]3C[C@@H]4C[C@@H](CO)[C@H](CO)C[C@@H]4C[C@H]3C[C@H]2O[C@]1(C)OC.CO[C@@]1(C)O[C@@H]2C[C@H]3C[C@@H]4C[C@@H](CO)[C@H](CO)C[C@@H]4C[C@H]3C[C@H]2O[C@]1(C)OC.CO[C@]1(C)O[C@H]2C[C@H]3C[C@@H]4C[C@H](CO)[C@@H](CO)C[C@@H]4C[C@H]3C[C@@H]2O[C@@]1(C)OC.CO[C@]1(C)O[C@H]2C[C@H]3C[C@@H]4C[C@H](CO)[C@@H](CO)C[C@@H]4C[C@H]3C[C@@H]2O[C@@]1(C)OC.O.O. The van der Waals surface area contributed by atoms with Gasteiger partial charge in [0.15, 0.2) is 0 Å². The number of rotatable bonds is 16. The molecule has 114 heavy (non-hydrogen) atoms. The molecule has 0 amide bonds. The van der Waals surface area contributed by atoms with Crippen LogP contribution in [0, 0.1) is 142 Å². The van der Waals surface area contributed by atoms with Crippen molar-refractivity contribution in [3.05, 3.63) is 0 Å². The Kier molecular flexibility index (Phi) is 31.1. The highest BCUT2D eigenvalue weighted by Gasteiger charge is 2.65. The number of aliphatic hydroxyl groups is 8. The lowest BCUT2D eigenvalue weighted by Gasteiger charge is -2.57. The summed E-state index contributed by atoms with van der Waals surface area (Å²) < 4.78 is 97.1. The van der Waals surface area contributed by atoms with Crippen molar-refractivity contribution >= 4 is 0 Å². The summed E-state index contributed by atoms with van der Waals surface area (Å²) in [5, 5.41) is 78.0. The van der Waals surface area contributed by atoms with Crippen molar-refractivity contribution in [2.75, 3.05) is 110 Å². The van der Waals surface area contributed by atoms with Gasteiger partial charge in [-0.25, -0.2) is 0 Å². The molecule has 0 spiro atoms. The monoisotopic (exact) mass is 1630 g/mol. The van der Waals surface area contributed by atoms with Crippen LogP contribution in [0.2, 0.25) is 0 Å². The van der Waals surface area contributed by atoms with Crippen LogP contribution in [0.25, 0.3) is 0 Å². The number of hydrogen-bond donors (Lipinski definition) is 8. The topological polar surface area (TPSA) is 373 Å². The Morgan fingerprint density at radius 1 is 0.175 bits per heavy atom. The molecule has 0 aromatic carbocycles. The molecule has 4 heterocycles. The van der Waals surface area contributed by atoms with Gasteiger partial charge in [-0.1, -0.05) is 0 Å². The third-order valence-corrected chi connectivity index (χ3v) is 34.9. The van der Waals surface area contributed by atoms with Crippen LogP contribution in [0.5, 0.6) is 0 Å². The summed E-state index contributed by atoms with van der Waals surface area (Å²) in [6, 6.07) is 0. The molecule has 0 unspecified atom stereocenters. The second kappa shape index (κ2) is 37.8. The summed E-state index contributed by atoms with van der Waals surface area (Å²) in [4.78, 5) is 0. The maximum absolute atomic E-state index is 9.75. The Hall–Kier alpha value is -1.04. The van der Waals surface area contributed by atoms with Crippen molar-refractivity contribution in [2.24, 2.45) is 142 Å². The van der Waals surface area contributed by atoms with E-state index < -0.39 is 46.3 Å². The van der Waals surface area contributed by atoms with E-state index in [-0.39, 0.29) is 160 Å². The maximum Gasteiger partial charge on any atom is 0.220 e. The van der Waals surface area contributed by atoms with Crippen molar-refractivity contribution in [3.63, 3.8) is 0 Å². The quantitative estimate of drug-likeness (QED) is 0.0716. The van der Waals surface area contributed by atoms with Gasteiger partial charge >= 0.3 is 0 Å². The average Bonchev–Trinajstić information content (AvgIpc) is 0.747. The van der Waals surface area contributed by atoms with E-state index in [9.17, 15) is 40.9 Å². The van der Waals surface area contributed by atoms with Crippen LogP contribution in [-0.2, 0) is 75.8 Å². The number of ether oxygens (including phenoxy) is 16. The fraction of sp³-hybridized carbons (Fsp3) is 1.00. The van der Waals surface area contributed by atoms with Gasteiger partial charge in [-0.05, 0) is 352 Å². The molecule has 4 aliphatic heterocycles. The van der Waals surface area contributed by atoms with Crippen LogP contribution in [0.1, 0.15) is 209 Å². The second-order valence-electron chi connectivity index (χ2n) is 39.8. The summed E-state index contributed by atoms with van der Waals surface area (Å²) in [7, 11) is 13.2. The molecule has 16 fully saturated rings. The molecule has 12 aliphatic carbocycles. The lowest BCUT2D eigenvalue weighted by molar-refractivity contribution is -0.454. The zero-order valence-electron chi connectivity index (χ0n) is 72.2. The summed E-state index contributed by atoms with van der Waals surface area (Å²) in [6.45, 7) is 16.8. The van der Waals surface area contributed by atoms with E-state index in [0.29, 0.717) is 94.7 Å². The van der Waals surface area contributed by atoms with E-state index in [1.165, 1.54) is 51.4 Å². The third kappa shape index (κ3) is 17.7. The minimum atomic E-state index is -0.922. The fourth-order valence-electron chi connectivity index (χ4n) is 26.9. The van der Waals surface area contributed by atoms with E-state index in [0.717, 1.165) is 103 Å². The lowest BCUT2D eigenvalue weighted by atomic mass is 9.56. The summed E-state index contributed by atoms with van der Waals surface area (Å²) >= 11 is 0. The molecule has 4 saturated heterocycles. The summed E-state index contributed by atoms with van der Waals surface area (Å²) in [5.41, 5.74) is 0. The predicted molar refractivity (Wildman–Crippen MR) is 421 cm³/mol. The maximum atomic E-state index is 9.75. The van der Waals surface area contributed by atoms with Gasteiger partial charge < -0.3 is 128 Å². The summed E-state index contributed by atoms with van der Waals surface area (Å²) in [5.74, 6) is 5.15. The first-order valence-electron chi connectivity index (χ1n) is 44.1. The second-order valence-corrected chi connectivity index (χ2v) is 39.8. The average molecular weight is 1630 g/mol. The molecule has 16 aliphatic rings. The minimum absolute atomic E-state index is 0. The zero-order chi connectivity index (χ0) is 80.4. The normalized spacial score (nSPS) is 52.8. The van der Waals surface area contributed by atoms with Crippen LogP contribution in [0.4, 0.5) is 0 Å². The highest BCUT2D eigenvalue weighted by molar-refractivity contribution is 5.07. The first-order chi connectivity index (χ1) is 53.4. The van der Waals surface area contributed by atoms with Crippen LogP contribution in [-0.4, -0.2) is 257 Å². The van der Waals surface area contributed by atoms with Crippen molar-refractivity contribution in [2.45, 2.75) is 305 Å². The standard InChI is InChI=1S/4C22H38O6.2H2O/c4*1-21(25-3)22(2,26-4)28-20-10-16-6-14-8-18(12-24)17(11-23)7-13(14)5-15(16)9-19(20)27-21;;/h4*13-20,23-24H,5-12H2,1-4H3;2*1H2/t4*13-,14+,15-,16+,17-,18-,19+,20+,21-,22-;;/m1100../s1. The first-order valence-corrected chi connectivity index (χ1v) is 44.1. The van der Waals surface area contributed by atoms with E-state index in [4.69, 9.17) is 75.8 Å². The Bertz CT molecular complexity index is 2420. The fourth-order valence-corrected chi connectivity index (χ4v) is 26.9. The molecular weight excluding hydrogens is 1470 g/mol. The molecule has 16 rings (SSSR count). The van der Waals surface area contributed by atoms with Crippen molar-refractivity contribution < 1.29 is 128 Å².